The van der Waals surface area contributed by atoms with Crippen molar-refractivity contribution in [3.63, 3.8) is 0 Å². The first-order valence-corrected chi connectivity index (χ1v) is 12.8. The fourth-order valence-electron chi connectivity index (χ4n) is 3.96. The van der Waals surface area contributed by atoms with Crippen molar-refractivity contribution < 1.29 is 23.9 Å². The number of nitrogens with one attached hydrogen (secondary N) is 1. The number of anilines is 2. The Bertz CT molecular complexity index is 1320. The third-order valence-electron chi connectivity index (χ3n) is 6.00. The number of hydrogen-bond acceptors (Lipinski definition) is 8. The normalized spacial score (nSPS) is 11.6. The van der Waals surface area contributed by atoms with Gasteiger partial charge >= 0.3 is 0 Å². The number of rotatable bonds is 11. The molecule has 38 heavy (non-hydrogen) atoms. The van der Waals surface area contributed by atoms with E-state index in [-0.39, 0.29) is 16.3 Å². The van der Waals surface area contributed by atoms with Crippen LogP contribution >= 0.6 is 11.5 Å². The first-order valence-electron chi connectivity index (χ1n) is 12.0. The summed E-state index contributed by atoms with van der Waals surface area (Å²) in [4.78, 5) is 41.2. The summed E-state index contributed by atoms with van der Waals surface area (Å²) in [5, 5.41) is 2.97. The molecule has 11 heteroatoms. The second-order valence-electron chi connectivity index (χ2n) is 9.09. The lowest BCUT2D eigenvalue weighted by molar-refractivity contribution is -0.122. The van der Waals surface area contributed by atoms with E-state index in [2.05, 4.69) is 23.5 Å². The second-order valence-corrected chi connectivity index (χ2v) is 9.86. The molecule has 0 spiro atoms. The summed E-state index contributed by atoms with van der Waals surface area (Å²) in [6.45, 7) is 6.38. The second kappa shape index (κ2) is 12.4. The average molecular weight is 540 g/mol. The molecule has 3 rings (SSSR count). The monoisotopic (exact) mass is 539 g/mol. The highest BCUT2D eigenvalue weighted by Crippen LogP contribution is 2.37. The predicted molar refractivity (Wildman–Crippen MR) is 148 cm³/mol. The Balaban J connectivity index is 2.23. The van der Waals surface area contributed by atoms with Crippen molar-refractivity contribution in [2.45, 2.75) is 33.2 Å². The number of hydrogen-bond donors (Lipinski definition) is 3. The van der Waals surface area contributed by atoms with E-state index in [1.165, 1.54) is 19.1 Å². The molecule has 0 aliphatic rings. The Hall–Kier alpha value is -4.12. The van der Waals surface area contributed by atoms with E-state index in [4.69, 9.17) is 20.9 Å². The molecule has 0 aliphatic heterocycles. The third kappa shape index (κ3) is 6.05. The molecule has 2 aromatic carbocycles. The van der Waals surface area contributed by atoms with E-state index in [0.29, 0.717) is 35.2 Å². The van der Waals surface area contributed by atoms with Crippen LogP contribution in [0.5, 0.6) is 11.5 Å². The molecule has 202 valence electrons. The summed E-state index contributed by atoms with van der Waals surface area (Å²) in [6.07, 6.45) is 0.756. The Morgan fingerprint density at radius 1 is 1.08 bits per heavy atom. The molecule has 3 aromatic rings. The van der Waals surface area contributed by atoms with Crippen LogP contribution in [0.25, 0.3) is 0 Å². The highest BCUT2D eigenvalue weighted by Gasteiger charge is 2.37. The van der Waals surface area contributed by atoms with Crippen LogP contribution in [-0.4, -0.2) is 42.9 Å². The number of primary amides is 1. The Kier molecular flexibility index (Phi) is 9.30. The average Bonchev–Trinajstić information content (AvgIpc) is 3.28. The Morgan fingerprint density at radius 2 is 1.76 bits per heavy atom. The molecule has 1 aromatic heterocycles. The maximum absolute atomic E-state index is 14.2. The molecule has 0 fully saturated rings. The molecule has 0 saturated heterocycles. The van der Waals surface area contributed by atoms with Gasteiger partial charge in [0.05, 0.1) is 19.9 Å². The summed E-state index contributed by atoms with van der Waals surface area (Å²) in [5.41, 5.74) is 12.9. The lowest BCUT2D eigenvalue weighted by atomic mass is 10.0. The highest BCUT2D eigenvalue weighted by molar-refractivity contribution is 7.09. The Labute approximate surface area is 226 Å². The highest BCUT2D eigenvalue weighted by atomic mass is 32.1. The third-order valence-corrected chi connectivity index (χ3v) is 6.85. The van der Waals surface area contributed by atoms with E-state index in [1.54, 1.807) is 30.3 Å². The van der Waals surface area contributed by atoms with Gasteiger partial charge < -0.3 is 26.3 Å². The van der Waals surface area contributed by atoms with Crippen LogP contribution in [-0.2, 0) is 4.79 Å². The number of methoxy groups -OCH3 is 2. The molecule has 0 aliphatic carbocycles. The van der Waals surface area contributed by atoms with Gasteiger partial charge in [-0.3, -0.25) is 19.3 Å². The van der Waals surface area contributed by atoms with Crippen molar-refractivity contribution >= 4 is 40.6 Å². The standard InChI is InChI=1S/C27H33N5O5S/c1-15(2)12-13-30-26(34)23(17-10-11-19(36-4)20(14-17)37-5)32(18-9-7-6-8-16(18)3)27(35)24-21(28)22(25(29)33)31-38-24/h6-11,14-15,23H,12-13,28H2,1-5H3,(H2,29,33)(H,30,34). The van der Waals surface area contributed by atoms with E-state index in [9.17, 15) is 14.4 Å². The lowest BCUT2D eigenvalue weighted by Crippen LogP contribution is -2.44. The van der Waals surface area contributed by atoms with Crippen LogP contribution in [0.4, 0.5) is 11.4 Å². The van der Waals surface area contributed by atoms with Gasteiger partial charge in [0.25, 0.3) is 11.8 Å². The van der Waals surface area contributed by atoms with Crippen LogP contribution in [0.1, 0.15) is 57.6 Å². The van der Waals surface area contributed by atoms with Crippen LogP contribution in [0.15, 0.2) is 42.5 Å². The topological polar surface area (TPSA) is 150 Å². The van der Waals surface area contributed by atoms with Crippen LogP contribution in [0, 0.1) is 12.8 Å². The SMILES string of the molecule is COc1ccc(C(C(=O)NCCC(C)C)N(C(=O)c2snc(C(N)=O)c2N)c2ccccc2C)cc1OC. The van der Waals surface area contributed by atoms with Crippen molar-refractivity contribution in [2.75, 3.05) is 31.4 Å². The van der Waals surface area contributed by atoms with Crippen LogP contribution in [0.2, 0.25) is 0 Å². The summed E-state index contributed by atoms with van der Waals surface area (Å²) in [5.74, 6) is -0.596. The van der Waals surface area contributed by atoms with Gasteiger partial charge in [-0.25, -0.2) is 0 Å². The van der Waals surface area contributed by atoms with Gasteiger partial charge in [0.2, 0.25) is 5.91 Å². The van der Waals surface area contributed by atoms with Gasteiger partial charge in [-0.2, -0.15) is 4.37 Å². The molecule has 5 N–H and O–H groups in total. The number of ether oxygens (including phenoxy) is 2. The molecule has 0 radical (unpaired) electrons. The zero-order valence-corrected chi connectivity index (χ0v) is 22.9. The fourth-order valence-corrected chi connectivity index (χ4v) is 4.70. The van der Waals surface area contributed by atoms with Crippen molar-refractivity contribution in [3.8, 4) is 11.5 Å². The molecule has 0 bridgehead atoms. The first kappa shape index (κ1) is 28.5. The van der Waals surface area contributed by atoms with Crippen LogP contribution < -0.4 is 31.2 Å². The predicted octanol–water partition coefficient (Wildman–Crippen LogP) is 3.70. The van der Waals surface area contributed by atoms with E-state index in [1.807, 2.05) is 19.1 Å². The fraction of sp³-hybridized carbons (Fsp3) is 0.333. The van der Waals surface area contributed by atoms with E-state index < -0.39 is 23.8 Å². The first-order chi connectivity index (χ1) is 18.1. The molecule has 10 nitrogen and oxygen atoms in total. The molecule has 1 unspecified atom stereocenters. The molecule has 1 atom stereocenters. The number of aromatic nitrogens is 1. The zero-order valence-electron chi connectivity index (χ0n) is 22.1. The number of para-hydroxylation sites is 1. The van der Waals surface area contributed by atoms with Crippen molar-refractivity contribution in [3.05, 3.63) is 64.2 Å². The summed E-state index contributed by atoms with van der Waals surface area (Å²) in [6, 6.07) is 11.1. The number of carbonyl (C=O) groups excluding carboxylic acids is 3. The quantitative estimate of drug-likeness (QED) is 0.336. The van der Waals surface area contributed by atoms with Crippen molar-refractivity contribution in [1.29, 1.82) is 0 Å². The summed E-state index contributed by atoms with van der Waals surface area (Å²) in [7, 11) is 3.01. The number of nitrogens with two attached hydrogens (primary N) is 2. The summed E-state index contributed by atoms with van der Waals surface area (Å²) < 4.78 is 14.8. The number of benzene rings is 2. The number of aryl methyl sites for hydroxylation is 1. The van der Waals surface area contributed by atoms with Gasteiger partial charge in [0.15, 0.2) is 17.2 Å². The molecule has 3 amide bonds. The minimum Gasteiger partial charge on any atom is -0.493 e. The van der Waals surface area contributed by atoms with Gasteiger partial charge in [-0.15, -0.1) is 0 Å². The minimum absolute atomic E-state index is 0.00232. The smallest absolute Gasteiger partial charge is 0.273 e. The maximum Gasteiger partial charge on any atom is 0.273 e. The molecular weight excluding hydrogens is 506 g/mol. The molecule has 1 heterocycles. The Morgan fingerprint density at radius 3 is 2.34 bits per heavy atom. The summed E-state index contributed by atoms with van der Waals surface area (Å²) >= 11 is 0.758. The van der Waals surface area contributed by atoms with Crippen molar-refractivity contribution in [1.82, 2.24) is 9.69 Å². The molecule has 0 saturated carbocycles. The van der Waals surface area contributed by atoms with E-state index in [0.717, 1.165) is 23.5 Å². The van der Waals surface area contributed by atoms with Crippen LogP contribution in [0.3, 0.4) is 0 Å². The maximum atomic E-state index is 14.2. The van der Waals surface area contributed by atoms with Gasteiger partial charge in [0, 0.05) is 12.2 Å². The zero-order chi connectivity index (χ0) is 28.0. The van der Waals surface area contributed by atoms with Gasteiger partial charge in [-0.1, -0.05) is 38.1 Å². The van der Waals surface area contributed by atoms with Gasteiger partial charge in [-0.05, 0) is 60.1 Å². The minimum atomic E-state index is -1.12. The van der Waals surface area contributed by atoms with E-state index >= 15 is 0 Å². The lowest BCUT2D eigenvalue weighted by Gasteiger charge is -2.32. The largest absolute Gasteiger partial charge is 0.493 e. The van der Waals surface area contributed by atoms with Crippen molar-refractivity contribution in [2.24, 2.45) is 11.7 Å². The number of nitrogens with zero attached hydrogens (tertiary/aromatic N) is 2. The number of nitrogen functional groups attached to an aromatic ring is 1. The van der Waals surface area contributed by atoms with Gasteiger partial charge in [0.1, 0.15) is 10.9 Å². The molecular formula is C27H33N5O5S. The number of carbonyl (C=O) groups is 3. The number of amides is 3.